The Morgan fingerprint density at radius 1 is 1.56 bits per heavy atom. The van der Waals surface area contributed by atoms with Crippen LogP contribution in [0, 0.1) is 0 Å². The summed E-state index contributed by atoms with van der Waals surface area (Å²) >= 11 is 0. The third-order valence-electron chi connectivity index (χ3n) is 2.69. The van der Waals surface area contributed by atoms with Crippen LogP contribution in [-0.2, 0) is 22.0 Å². The lowest BCUT2D eigenvalue weighted by Crippen LogP contribution is -2.29. The Morgan fingerprint density at radius 3 is 2.61 bits per heavy atom. The van der Waals surface area contributed by atoms with Gasteiger partial charge in [-0.25, -0.2) is 4.79 Å². The number of rotatable bonds is 4. The maximum atomic E-state index is 11.9. The molecular formula is C13H23N3O2. The molecule has 18 heavy (non-hydrogen) atoms. The highest BCUT2D eigenvalue weighted by atomic mass is 16.5. The van der Waals surface area contributed by atoms with E-state index >= 15 is 0 Å². The standard InChI is InChI=1S/C13H23N3O2/c1-7-18-12(17)10(14-5)9-8-16(6)15-11(9)13(2,3)4/h8,10,14H,7H2,1-6H3. The fourth-order valence-corrected chi connectivity index (χ4v) is 1.93. The Morgan fingerprint density at radius 2 is 2.17 bits per heavy atom. The van der Waals surface area contributed by atoms with E-state index in [2.05, 4.69) is 31.2 Å². The molecule has 1 heterocycles. The van der Waals surface area contributed by atoms with Crippen molar-refractivity contribution < 1.29 is 9.53 Å². The van der Waals surface area contributed by atoms with Gasteiger partial charge in [0, 0.05) is 24.2 Å². The predicted molar refractivity (Wildman–Crippen MR) is 70.3 cm³/mol. The topological polar surface area (TPSA) is 56.1 Å². The maximum absolute atomic E-state index is 11.9. The number of likely N-dealkylation sites (N-methyl/N-ethyl adjacent to an activating group) is 1. The van der Waals surface area contributed by atoms with E-state index in [0.717, 1.165) is 11.3 Å². The van der Waals surface area contributed by atoms with Crippen LogP contribution < -0.4 is 5.32 Å². The normalized spacial score (nSPS) is 13.4. The van der Waals surface area contributed by atoms with E-state index in [1.54, 1.807) is 18.7 Å². The number of aryl methyl sites for hydroxylation is 1. The van der Waals surface area contributed by atoms with E-state index < -0.39 is 6.04 Å². The number of carbonyl (C=O) groups is 1. The molecule has 0 saturated heterocycles. The summed E-state index contributed by atoms with van der Waals surface area (Å²) < 4.78 is 6.82. The van der Waals surface area contributed by atoms with Gasteiger partial charge in [0.2, 0.25) is 0 Å². The SMILES string of the molecule is CCOC(=O)C(NC)c1cn(C)nc1C(C)(C)C. The number of ether oxygens (including phenoxy) is 1. The Bertz CT molecular complexity index is 418. The second-order valence-electron chi connectivity index (χ2n) is 5.33. The molecule has 1 aromatic rings. The van der Waals surface area contributed by atoms with Gasteiger partial charge in [-0.3, -0.25) is 4.68 Å². The average molecular weight is 253 g/mol. The van der Waals surface area contributed by atoms with Crippen molar-refractivity contribution in [2.75, 3.05) is 13.7 Å². The highest BCUT2D eigenvalue weighted by Crippen LogP contribution is 2.28. The van der Waals surface area contributed by atoms with E-state index in [4.69, 9.17) is 4.74 Å². The first-order valence-corrected chi connectivity index (χ1v) is 6.19. The lowest BCUT2D eigenvalue weighted by molar-refractivity contribution is -0.145. The van der Waals surface area contributed by atoms with Gasteiger partial charge in [-0.1, -0.05) is 20.8 Å². The van der Waals surface area contributed by atoms with Crippen LogP contribution in [0.25, 0.3) is 0 Å². The van der Waals surface area contributed by atoms with Crippen LogP contribution in [0.3, 0.4) is 0 Å². The van der Waals surface area contributed by atoms with Gasteiger partial charge in [0.25, 0.3) is 0 Å². The summed E-state index contributed by atoms with van der Waals surface area (Å²) in [6, 6.07) is -0.465. The molecule has 0 saturated carbocycles. The minimum Gasteiger partial charge on any atom is -0.465 e. The second kappa shape index (κ2) is 5.52. The molecule has 5 nitrogen and oxygen atoms in total. The Labute approximate surface area is 109 Å². The minimum atomic E-state index is -0.465. The molecule has 0 spiro atoms. The zero-order chi connectivity index (χ0) is 13.9. The van der Waals surface area contributed by atoms with Crippen molar-refractivity contribution in [3.05, 3.63) is 17.5 Å². The third-order valence-corrected chi connectivity index (χ3v) is 2.69. The molecule has 1 unspecified atom stereocenters. The van der Waals surface area contributed by atoms with Gasteiger partial charge in [0.05, 0.1) is 12.3 Å². The molecule has 0 aliphatic carbocycles. The number of hydrogen-bond acceptors (Lipinski definition) is 4. The highest BCUT2D eigenvalue weighted by molar-refractivity contribution is 5.78. The van der Waals surface area contributed by atoms with Crippen LogP contribution >= 0.6 is 0 Å². The Kier molecular flexibility index (Phi) is 4.51. The van der Waals surface area contributed by atoms with Crippen molar-refractivity contribution in [2.45, 2.75) is 39.2 Å². The summed E-state index contributed by atoms with van der Waals surface area (Å²) in [5.74, 6) is -0.265. The van der Waals surface area contributed by atoms with E-state index in [1.165, 1.54) is 0 Å². The van der Waals surface area contributed by atoms with Crippen LogP contribution in [0.4, 0.5) is 0 Å². The number of aromatic nitrogens is 2. The average Bonchev–Trinajstić information content (AvgIpc) is 2.61. The summed E-state index contributed by atoms with van der Waals surface area (Å²) in [6.07, 6.45) is 1.87. The van der Waals surface area contributed by atoms with Gasteiger partial charge in [-0.05, 0) is 14.0 Å². The lowest BCUT2D eigenvalue weighted by Gasteiger charge is -2.21. The number of nitrogens with one attached hydrogen (secondary N) is 1. The molecule has 0 fully saturated rings. The Hall–Kier alpha value is -1.36. The second-order valence-corrected chi connectivity index (χ2v) is 5.33. The van der Waals surface area contributed by atoms with E-state index in [0.29, 0.717) is 6.61 Å². The summed E-state index contributed by atoms with van der Waals surface area (Å²) in [5, 5.41) is 7.46. The third kappa shape index (κ3) is 3.10. The van der Waals surface area contributed by atoms with Crippen LogP contribution in [0.1, 0.15) is 45.0 Å². The molecule has 5 heteroatoms. The molecule has 1 N–H and O–H groups in total. The molecule has 1 atom stereocenters. The van der Waals surface area contributed by atoms with Gasteiger partial charge in [0.1, 0.15) is 6.04 Å². The van der Waals surface area contributed by atoms with Gasteiger partial charge >= 0.3 is 5.97 Å². The molecule has 0 amide bonds. The molecule has 0 aliphatic rings. The largest absolute Gasteiger partial charge is 0.465 e. The molecular weight excluding hydrogens is 230 g/mol. The van der Waals surface area contributed by atoms with Gasteiger partial charge < -0.3 is 10.1 Å². The number of nitrogens with zero attached hydrogens (tertiary/aromatic N) is 2. The Balaban J connectivity index is 3.17. The first-order valence-electron chi connectivity index (χ1n) is 6.19. The van der Waals surface area contributed by atoms with Gasteiger partial charge in [-0.2, -0.15) is 5.10 Å². The number of carbonyl (C=O) groups excluding carboxylic acids is 1. The van der Waals surface area contributed by atoms with Crippen molar-refractivity contribution in [2.24, 2.45) is 7.05 Å². The molecule has 1 aromatic heterocycles. The highest BCUT2D eigenvalue weighted by Gasteiger charge is 2.30. The quantitative estimate of drug-likeness (QED) is 0.827. The molecule has 0 bridgehead atoms. The van der Waals surface area contributed by atoms with Crippen molar-refractivity contribution in [3.8, 4) is 0 Å². The first kappa shape index (κ1) is 14.7. The van der Waals surface area contributed by atoms with E-state index in [1.807, 2.05) is 13.2 Å². The maximum Gasteiger partial charge on any atom is 0.327 e. The van der Waals surface area contributed by atoms with Crippen molar-refractivity contribution in [1.29, 1.82) is 0 Å². The number of hydrogen-bond donors (Lipinski definition) is 1. The predicted octanol–water partition coefficient (Wildman–Crippen LogP) is 1.54. The number of esters is 1. The van der Waals surface area contributed by atoms with Crippen LogP contribution in [0.2, 0.25) is 0 Å². The monoisotopic (exact) mass is 253 g/mol. The van der Waals surface area contributed by atoms with Gasteiger partial charge in [-0.15, -0.1) is 0 Å². The van der Waals surface area contributed by atoms with Crippen LogP contribution in [-0.4, -0.2) is 29.4 Å². The van der Waals surface area contributed by atoms with Crippen molar-refractivity contribution >= 4 is 5.97 Å². The first-order chi connectivity index (χ1) is 8.31. The minimum absolute atomic E-state index is 0.113. The summed E-state index contributed by atoms with van der Waals surface area (Å²) in [4.78, 5) is 11.9. The molecule has 0 radical (unpaired) electrons. The zero-order valence-corrected chi connectivity index (χ0v) is 12.1. The van der Waals surface area contributed by atoms with Crippen molar-refractivity contribution in [1.82, 2.24) is 15.1 Å². The van der Waals surface area contributed by atoms with E-state index in [9.17, 15) is 4.79 Å². The van der Waals surface area contributed by atoms with Crippen LogP contribution in [0.5, 0.6) is 0 Å². The summed E-state index contributed by atoms with van der Waals surface area (Å²) in [5.41, 5.74) is 1.68. The molecule has 0 aromatic carbocycles. The van der Waals surface area contributed by atoms with E-state index in [-0.39, 0.29) is 11.4 Å². The summed E-state index contributed by atoms with van der Waals surface area (Å²) in [7, 11) is 3.61. The summed E-state index contributed by atoms with van der Waals surface area (Å²) in [6.45, 7) is 8.42. The zero-order valence-electron chi connectivity index (χ0n) is 12.1. The molecule has 102 valence electrons. The smallest absolute Gasteiger partial charge is 0.327 e. The molecule has 0 aliphatic heterocycles. The fourth-order valence-electron chi connectivity index (χ4n) is 1.93. The fraction of sp³-hybridized carbons (Fsp3) is 0.692. The van der Waals surface area contributed by atoms with Crippen LogP contribution in [0.15, 0.2) is 6.20 Å². The van der Waals surface area contributed by atoms with Crippen molar-refractivity contribution in [3.63, 3.8) is 0 Å². The molecule has 1 rings (SSSR count). The van der Waals surface area contributed by atoms with Gasteiger partial charge in [0.15, 0.2) is 0 Å². The lowest BCUT2D eigenvalue weighted by atomic mass is 9.87.